The molecule has 1 rings (SSSR count). The summed E-state index contributed by atoms with van der Waals surface area (Å²) in [5, 5.41) is 0. The highest BCUT2D eigenvalue weighted by Gasteiger charge is 2.24. The molecule has 1 atom stereocenters. The molecule has 1 aliphatic heterocycles. The maximum absolute atomic E-state index is 10.9. The number of epoxide rings is 1. The zero-order valence-corrected chi connectivity index (χ0v) is 6.37. The Morgan fingerprint density at radius 2 is 2.55 bits per heavy atom. The van der Waals surface area contributed by atoms with Gasteiger partial charge in [-0.3, -0.25) is 0 Å². The van der Waals surface area contributed by atoms with Gasteiger partial charge in [0.15, 0.2) is 0 Å². The molecule has 1 unspecified atom stereocenters. The van der Waals surface area contributed by atoms with Crippen molar-refractivity contribution < 1.29 is 14.3 Å². The Balaban J connectivity index is 2.19. The first-order valence-electron chi connectivity index (χ1n) is 3.41. The van der Waals surface area contributed by atoms with E-state index in [0.717, 1.165) is 0 Å². The van der Waals surface area contributed by atoms with Gasteiger partial charge in [0, 0.05) is 11.8 Å². The fraction of sp³-hybridized carbons (Fsp3) is 0.571. The van der Waals surface area contributed by atoms with Crippen molar-refractivity contribution >= 4 is 5.97 Å². The molecule has 0 spiro atoms. The van der Waals surface area contributed by atoms with Crippen LogP contribution in [0.2, 0.25) is 0 Å². The molecule has 0 amide bonds. The van der Waals surface area contributed by atoms with Crippen LogP contribution in [0.4, 0.5) is 0 Å². The first kappa shape index (κ1) is 8.07. The molecule has 11 heavy (non-hydrogen) atoms. The van der Waals surface area contributed by atoms with Crippen LogP contribution in [0.5, 0.6) is 0 Å². The van der Waals surface area contributed by atoms with Crippen molar-refractivity contribution in [2.45, 2.75) is 13.0 Å². The van der Waals surface area contributed by atoms with Gasteiger partial charge in [-0.25, -0.2) is 4.79 Å². The molecule has 0 aromatic heterocycles. The summed E-state index contributed by atoms with van der Waals surface area (Å²) in [5.74, 6) is -0.372. The highest BCUT2D eigenvalue weighted by Crippen LogP contribution is 2.09. The second kappa shape index (κ2) is 3.39. The van der Waals surface area contributed by atoms with E-state index in [1.807, 2.05) is 0 Å². The smallest absolute Gasteiger partial charge is 0.335 e. The van der Waals surface area contributed by atoms with Gasteiger partial charge in [-0.15, -0.1) is 0 Å². The van der Waals surface area contributed by atoms with Crippen molar-refractivity contribution in [3.8, 4) is 0 Å². The minimum absolute atomic E-state index is 0.115. The van der Waals surface area contributed by atoms with Crippen LogP contribution in [-0.4, -0.2) is 25.3 Å². The van der Waals surface area contributed by atoms with E-state index in [9.17, 15) is 4.79 Å². The molecule has 0 aromatic rings. The van der Waals surface area contributed by atoms with E-state index in [2.05, 4.69) is 0 Å². The minimum atomic E-state index is -0.372. The van der Waals surface area contributed by atoms with Gasteiger partial charge in [0.1, 0.15) is 12.7 Å². The van der Waals surface area contributed by atoms with E-state index in [1.165, 1.54) is 6.20 Å². The SMILES string of the molecule is CC(=CN)C(=O)OCC1CO1. The summed E-state index contributed by atoms with van der Waals surface area (Å²) >= 11 is 0. The molecule has 0 saturated carbocycles. The highest BCUT2D eigenvalue weighted by molar-refractivity contribution is 5.87. The fourth-order valence-corrected chi connectivity index (χ4v) is 0.515. The zero-order valence-electron chi connectivity index (χ0n) is 6.37. The Bertz CT molecular complexity index is 184. The summed E-state index contributed by atoms with van der Waals surface area (Å²) in [6, 6.07) is 0. The van der Waals surface area contributed by atoms with Crippen LogP contribution >= 0.6 is 0 Å². The summed E-state index contributed by atoms with van der Waals surface area (Å²) in [4.78, 5) is 10.9. The van der Waals surface area contributed by atoms with Crippen LogP contribution in [0.1, 0.15) is 6.92 Å². The number of carbonyl (C=O) groups is 1. The van der Waals surface area contributed by atoms with Gasteiger partial charge in [-0.05, 0) is 6.92 Å². The third kappa shape index (κ3) is 2.59. The van der Waals surface area contributed by atoms with E-state index in [0.29, 0.717) is 18.8 Å². The summed E-state index contributed by atoms with van der Waals surface area (Å²) in [6.45, 7) is 2.64. The molecule has 1 heterocycles. The van der Waals surface area contributed by atoms with Crippen molar-refractivity contribution in [2.24, 2.45) is 5.73 Å². The van der Waals surface area contributed by atoms with Gasteiger partial charge in [-0.2, -0.15) is 0 Å². The summed E-state index contributed by atoms with van der Waals surface area (Å²) in [7, 11) is 0. The van der Waals surface area contributed by atoms with Crippen LogP contribution in [-0.2, 0) is 14.3 Å². The van der Waals surface area contributed by atoms with Crippen molar-refractivity contribution in [2.75, 3.05) is 13.2 Å². The number of hydrogen-bond donors (Lipinski definition) is 1. The van der Waals surface area contributed by atoms with E-state index in [4.69, 9.17) is 15.2 Å². The predicted octanol–water partition coefficient (Wildman–Crippen LogP) is -0.209. The Morgan fingerprint density at radius 1 is 1.91 bits per heavy atom. The van der Waals surface area contributed by atoms with Crippen LogP contribution in [0.15, 0.2) is 11.8 Å². The first-order chi connectivity index (χ1) is 5.24. The number of hydrogen-bond acceptors (Lipinski definition) is 4. The summed E-state index contributed by atoms with van der Waals surface area (Å²) in [6.07, 6.45) is 1.35. The number of nitrogens with two attached hydrogens (primary N) is 1. The van der Waals surface area contributed by atoms with Gasteiger partial charge < -0.3 is 15.2 Å². The molecule has 0 aliphatic carbocycles. The maximum Gasteiger partial charge on any atom is 0.335 e. The molecule has 0 bridgehead atoms. The van der Waals surface area contributed by atoms with E-state index < -0.39 is 0 Å². The molecule has 1 aliphatic rings. The van der Waals surface area contributed by atoms with Gasteiger partial charge in [0.05, 0.1) is 6.61 Å². The summed E-state index contributed by atoms with van der Waals surface area (Å²) in [5.41, 5.74) is 5.52. The Morgan fingerprint density at radius 3 is 3.00 bits per heavy atom. The normalized spacial score (nSPS) is 23.0. The first-order valence-corrected chi connectivity index (χ1v) is 3.41. The topological polar surface area (TPSA) is 64.9 Å². The molecule has 1 fully saturated rings. The van der Waals surface area contributed by atoms with Crippen molar-refractivity contribution in [1.29, 1.82) is 0 Å². The second-order valence-corrected chi connectivity index (χ2v) is 2.40. The molecular weight excluding hydrogens is 146 g/mol. The lowest BCUT2D eigenvalue weighted by molar-refractivity contribution is -0.139. The Hall–Kier alpha value is -1.03. The molecule has 0 aromatic carbocycles. The van der Waals surface area contributed by atoms with E-state index in [1.54, 1.807) is 6.92 Å². The third-order valence-electron chi connectivity index (χ3n) is 1.37. The van der Waals surface area contributed by atoms with E-state index >= 15 is 0 Å². The van der Waals surface area contributed by atoms with Gasteiger partial charge in [0.2, 0.25) is 0 Å². The van der Waals surface area contributed by atoms with Crippen LogP contribution in [0.3, 0.4) is 0 Å². The van der Waals surface area contributed by atoms with E-state index in [-0.39, 0.29) is 12.1 Å². The van der Waals surface area contributed by atoms with Crippen molar-refractivity contribution in [3.05, 3.63) is 11.8 Å². The lowest BCUT2D eigenvalue weighted by atomic mass is 10.3. The monoisotopic (exact) mass is 157 g/mol. The molecular formula is C7H11NO3. The average molecular weight is 157 g/mol. The van der Waals surface area contributed by atoms with Gasteiger partial charge in [0.25, 0.3) is 0 Å². The maximum atomic E-state index is 10.9. The highest BCUT2D eigenvalue weighted by atomic mass is 16.6. The van der Waals surface area contributed by atoms with Crippen LogP contribution < -0.4 is 5.73 Å². The fourth-order valence-electron chi connectivity index (χ4n) is 0.515. The Kier molecular flexibility index (Phi) is 2.48. The molecule has 0 radical (unpaired) electrons. The molecule has 62 valence electrons. The second-order valence-electron chi connectivity index (χ2n) is 2.40. The Labute approximate surface area is 65.0 Å². The molecule has 2 N–H and O–H groups in total. The summed E-state index contributed by atoms with van der Waals surface area (Å²) < 4.78 is 9.65. The van der Waals surface area contributed by atoms with Gasteiger partial charge in [-0.1, -0.05) is 0 Å². The molecule has 1 saturated heterocycles. The lowest BCUT2D eigenvalue weighted by Gasteiger charge is -2.00. The zero-order chi connectivity index (χ0) is 8.27. The minimum Gasteiger partial charge on any atom is -0.459 e. The number of esters is 1. The third-order valence-corrected chi connectivity index (χ3v) is 1.37. The number of carbonyl (C=O) groups excluding carboxylic acids is 1. The van der Waals surface area contributed by atoms with Crippen molar-refractivity contribution in [1.82, 2.24) is 0 Å². The van der Waals surface area contributed by atoms with Crippen LogP contribution in [0, 0.1) is 0 Å². The molecule has 4 heteroatoms. The number of ether oxygens (including phenoxy) is 2. The average Bonchev–Trinajstić information content (AvgIpc) is 2.81. The largest absolute Gasteiger partial charge is 0.459 e. The quantitative estimate of drug-likeness (QED) is 0.350. The standard InChI is InChI=1S/C7H11NO3/c1-5(2-8)7(9)11-4-6-3-10-6/h2,6H,3-4,8H2,1H3. The number of rotatable bonds is 3. The van der Waals surface area contributed by atoms with Gasteiger partial charge >= 0.3 is 5.97 Å². The predicted molar refractivity (Wildman–Crippen MR) is 38.6 cm³/mol. The molecule has 4 nitrogen and oxygen atoms in total. The van der Waals surface area contributed by atoms with Crippen LogP contribution in [0.25, 0.3) is 0 Å². The van der Waals surface area contributed by atoms with Crippen molar-refractivity contribution in [3.63, 3.8) is 0 Å². The lowest BCUT2D eigenvalue weighted by Crippen LogP contribution is -2.11.